The number of aromatic nitrogens is 2. The quantitative estimate of drug-likeness (QED) is 0.665. The second-order valence-corrected chi connectivity index (χ2v) is 7.63. The van der Waals surface area contributed by atoms with Gasteiger partial charge in [-0.2, -0.15) is 4.98 Å². The Morgan fingerprint density at radius 3 is 2.21 bits per heavy atom. The van der Waals surface area contributed by atoms with Crippen molar-refractivity contribution in [2.45, 2.75) is 39.3 Å². The molecule has 2 heterocycles. The van der Waals surface area contributed by atoms with Crippen LogP contribution in [0.2, 0.25) is 0 Å². The molecule has 0 bridgehead atoms. The third kappa shape index (κ3) is 4.64. The maximum atomic E-state index is 5.62. The molecule has 0 saturated carbocycles. The summed E-state index contributed by atoms with van der Waals surface area (Å²) in [5.41, 5.74) is 1.09. The predicted octanol–water partition coefficient (Wildman–Crippen LogP) is 3.10. The van der Waals surface area contributed by atoms with Crippen LogP contribution in [0, 0.1) is 0 Å². The summed E-state index contributed by atoms with van der Waals surface area (Å²) in [7, 11) is 4.92. The smallest absolute Gasteiger partial charge is 0.243 e. The van der Waals surface area contributed by atoms with E-state index in [0.29, 0.717) is 17.4 Å². The molecule has 0 spiro atoms. The zero-order valence-electron chi connectivity index (χ0n) is 18.3. The Morgan fingerprint density at radius 1 is 0.966 bits per heavy atom. The molecule has 0 N–H and O–H groups in total. The summed E-state index contributed by atoms with van der Waals surface area (Å²) in [6.07, 6.45) is 0. The molecule has 1 aliphatic heterocycles. The van der Waals surface area contributed by atoms with Gasteiger partial charge in [-0.1, -0.05) is 25.1 Å². The molecule has 8 nitrogen and oxygen atoms in total. The first-order valence-corrected chi connectivity index (χ1v) is 10.1. The zero-order chi connectivity index (χ0) is 21.0. The van der Waals surface area contributed by atoms with Crippen LogP contribution in [0.5, 0.6) is 17.2 Å². The number of piperazine rings is 1. The lowest BCUT2D eigenvalue weighted by Crippen LogP contribution is -2.46. The van der Waals surface area contributed by atoms with E-state index < -0.39 is 0 Å². The van der Waals surface area contributed by atoms with E-state index in [1.165, 1.54) is 0 Å². The summed E-state index contributed by atoms with van der Waals surface area (Å²) >= 11 is 0. The fourth-order valence-electron chi connectivity index (χ4n) is 3.65. The third-order valence-corrected chi connectivity index (χ3v) is 5.47. The Labute approximate surface area is 172 Å². The van der Waals surface area contributed by atoms with Gasteiger partial charge in [0.25, 0.3) is 0 Å². The summed E-state index contributed by atoms with van der Waals surface area (Å²) in [5, 5.41) is 4.09. The summed E-state index contributed by atoms with van der Waals surface area (Å²) in [6.45, 7) is 10.8. The van der Waals surface area contributed by atoms with Gasteiger partial charge in [-0.25, -0.2) is 0 Å². The maximum Gasteiger partial charge on any atom is 0.243 e. The molecule has 1 aromatic heterocycles. The molecule has 8 heteroatoms. The SMILES string of the molecule is COc1ccc(CN2CCN(C(C)c3nc(C(C)C)no3)CC2)c(OC)c1OC. The molecule has 0 aliphatic carbocycles. The summed E-state index contributed by atoms with van der Waals surface area (Å²) < 4.78 is 22.0. The van der Waals surface area contributed by atoms with E-state index in [4.69, 9.17) is 18.7 Å². The second-order valence-electron chi connectivity index (χ2n) is 7.63. The van der Waals surface area contributed by atoms with Crippen LogP contribution in [0.3, 0.4) is 0 Å². The lowest BCUT2D eigenvalue weighted by atomic mass is 10.1. The molecule has 2 aromatic rings. The van der Waals surface area contributed by atoms with Crippen LogP contribution >= 0.6 is 0 Å². The summed E-state index contributed by atoms with van der Waals surface area (Å²) in [5.74, 6) is 3.78. The molecule has 1 atom stereocenters. The third-order valence-electron chi connectivity index (χ3n) is 5.47. The number of hydrogen-bond acceptors (Lipinski definition) is 8. The normalized spacial score (nSPS) is 16.8. The van der Waals surface area contributed by atoms with Gasteiger partial charge in [0.2, 0.25) is 11.6 Å². The molecule has 1 aromatic carbocycles. The van der Waals surface area contributed by atoms with Gasteiger partial charge in [0.15, 0.2) is 17.3 Å². The van der Waals surface area contributed by atoms with Gasteiger partial charge in [-0.05, 0) is 13.0 Å². The van der Waals surface area contributed by atoms with Crippen LogP contribution in [0.4, 0.5) is 0 Å². The highest BCUT2D eigenvalue weighted by atomic mass is 16.5. The predicted molar refractivity (Wildman–Crippen MR) is 110 cm³/mol. The molecule has 1 aliphatic rings. The van der Waals surface area contributed by atoms with Crippen LogP contribution in [0.25, 0.3) is 0 Å². The molecule has 1 saturated heterocycles. The van der Waals surface area contributed by atoms with Crippen molar-refractivity contribution in [3.63, 3.8) is 0 Å². The van der Waals surface area contributed by atoms with Crippen molar-refractivity contribution in [1.29, 1.82) is 0 Å². The van der Waals surface area contributed by atoms with Gasteiger partial charge >= 0.3 is 0 Å². The number of ether oxygens (including phenoxy) is 3. The van der Waals surface area contributed by atoms with Gasteiger partial charge in [0, 0.05) is 44.2 Å². The number of methoxy groups -OCH3 is 3. The van der Waals surface area contributed by atoms with Crippen LogP contribution < -0.4 is 14.2 Å². The van der Waals surface area contributed by atoms with Gasteiger partial charge in [0.1, 0.15) is 0 Å². The summed E-state index contributed by atoms with van der Waals surface area (Å²) in [6, 6.07) is 4.09. The van der Waals surface area contributed by atoms with E-state index in [1.807, 2.05) is 12.1 Å². The molecule has 1 unspecified atom stereocenters. The number of rotatable bonds is 8. The number of hydrogen-bond donors (Lipinski definition) is 0. The molecule has 0 radical (unpaired) electrons. The van der Waals surface area contributed by atoms with E-state index in [-0.39, 0.29) is 12.0 Å². The highest BCUT2D eigenvalue weighted by Crippen LogP contribution is 2.40. The minimum Gasteiger partial charge on any atom is -0.493 e. The van der Waals surface area contributed by atoms with Crippen molar-refractivity contribution in [3.05, 3.63) is 29.4 Å². The number of nitrogens with zero attached hydrogens (tertiary/aromatic N) is 4. The fourth-order valence-corrected chi connectivity index (χ4v) is 3.65. The Kier molecular flexibility index (Phi) is 6.97. The van der Waals surface area contributed by atoms with Crippen molar-refractivity contribution in [2.24, 2.45) is 0 Å². The lowest BCUT2D eigenvalue weighted by molar-refractivity contribution is 0.0840. The standard InChI is InChI=1S/C21H32N4O4/c1-14(2)20-22-21(29-23-20)15(3)25-11-9-24(10-12-25)13-16-7-8-17(26-4)19(28-6)18(16)27-5/h7-8,14-15H,9-13H2,1-6H3. The molecule has 3 rings (SSSR count). The Bertz CT molecular complexity index is 800. The van der Waals surface area contributed by atoms with Gasteiger partial charge in [-0.15, -0.1) is 0 Å². The van der Waals surface area contributed by atoms with Crippen LogP contribution in [-0.4, -0.2) is 67.4 Å². The van der Waals surface area contributed by atoms with Crippen LogP contribution in [-0.2, 0) is 6.54 Å². The molecule has 0 amide bonds. The highest BCUT2D eigenvalue weighted by Gasteiger charge is 2.27. The topological polar surface area (TPSA) is 73.1 Å². The average Bonchev–Trinajstić information content (AvgIpc) is 3.24. The minimum absolute atomic E-state index is 0.118. The van der Waals surface area contributed by atoms with Crippen molar-refractivity contribution in [2.75, 3.05) is 47.5 Å². The van der Waals surface area contributed by atoms with Gasteiger partial charge in [0.05, 0.1) is 27.4 Å². The first kappa shape index (κ1) is 21.4. The van der Waals surface area contributed by atoms with E-state index in [2.05, 4.69) is 40.7 Å². The van der Waals surface area contributed by atoms with E-state index >= 15 is 0 Å². The van der Waals surface area contributed by atoms with Crippen molar-refractivity contribution in [3.8, 4) is 17.2 Å². The van der Waals surface area contributed by atoms with Gasteiger partial charge < -0.3 is 18.7 Å². The first-order chi connectivity index (χ1) is 14.0. The minimum atomic E-state index is 0.118. The van der Waals surface area contributed by atoms with Crippen molar-refractivity contribution < 1.29 is 18.7 Å². The largest absolute Gasteiger partial charge is 0.493 e. The molecular formula is C21H32N4O4. The molecule has 29 heavy (non-hydrogen) atoms. The van der Waals surface area contributed by atoms with Crippen molar-refractivity contribution in [1.82, 2.24) is 19.9 Å². The van der Waals surface area contributed by atoms with E-state index in [1.54, 1.807) is 21.3 Å². The Balaban J connectivity index is 1.62. The molecular weight excluding hydrogens is 372 g/mol. The monoisotopic (exact) mass is 404 g/mol. The highest BCUT2D eigenvalue weighted by molar-refractivity contribution is 5.55. The first-order valence-electron chi connectivity index (χ1n) is 10.1. The average molecular weight is 405 g/mol. The molecule has 160 valence electrons. The zero-order valence-corrected chi connectivity index (χ0v) is 18.3. The Hall–Kier alpha value is -2.32. The maximum absolute atomic E-state index is 5.62. The lowest BCUT2D eigenvalue weighted by Gasteiger charge is -2.37. The van der Waals surface area contributed by atoms with E-state index in [0.717, 1.165) is 49.9 Å². The van der Waals surface area contributed by atoms with Crippen LogP contribution in [0.15, 0.2) is 16.7 Å². The van der Waals surface area contributed by atoms with Gasteiger partial charge in [-0.3, -0.25) is 9.80 Å². The van der Waals surface area contributed by atoms with Crippen LogP contribution in [0.1, 0.15) is 50.0 Å². The molecule has 1 fully saturated rings. The second kappa shape index (κ2) is 9.45. The number of benzene rings is 1. The fraction of sp³-hybridized carbons (Fsp3) is 0.619. The Morgan fingerprint density at radius 2 is 1.66 bits per heavy atom. The van der Waals surface area contributed by atoms with Crippen molar-refractivity contribution >= 4 is 0 Å². The van der Waals surface area contributed by atoms with E-state index in [9.17, 15) is 0 Å². The summed E-state index contributed by atoms with van der Waals surface area (Å²) in [4.78, 5) is 9.36.